The van der Waals surface area contributed by atoms with Gasteiger partial charge in [0.2, 0.25) is 0 Å². The monoisotopic (exact) mass is 113 g/mol. The lowest BCUT2D eigenvalue weighted by Gasteiger charge is -2.31. The smallest absolute Gasteiger partial charge is 0.172 e. The van der Waals surface area contributed by atoms with Crippen molar-refractivity contribution in [1.29, 1.82) is 0 Å². The molecular weight excluding hydrogens is 102 g/mol. The second kappa shape index (κ2) is 1.24. The van der Waals surface area contributed by atoms with Gasteiger partial charge in [0.1, 0.15) is 5.41 Å². The molecule has 1 aliphatic heterocycles. The molecule has 0 atom stereocenters. The van der Waals surface area contributed by atoms with Crippen molar-refractivity contribution in [2.45, 2.75) is 20.8 Å². The van der Waals surface area contributed by atoms with E-state index in [1.54, 1.807) is 0 Å². The summed E-state index contributed by atoms with van der Waals surface area (Å²) in [4.78, 5) is 0. The predicted octanol–water partition coefficient (Wildman–Crippen LogP) is 0.997. The van der Waals surface area contributed by atoms with E-state index in [0.29, 0.717) is 6.54 Å². The topological polar surface area (TPSA) is 26.1 Å². The molecule has 0 fully saturated rings. The minimum atomic E-state index is 0.182. The van der Waals surface area contributed by atoms with Gasteiger partial charge in [0, 0.05) is 6.92 Å². The lowest BCUT2D eigenvalue weighted by atomic mass is 9.83. The van der Waals surface area contributed by atoms with Crippen LogP contribution >= 0.6 is 0 Å². The highest BCUT2D eigenvalue weighted by atomic mass is 16.5. The second-order valence-electron chi connectivity index (χ2n) is 3.01. The fourth-order valence-corrected chi connectivity index (χ4v) is 0.838. The maximum Gasteiger partial charge on any atom is 0.172 e. The third kappa shape index (κ3) is 0.522. The molecule has 1 aliphatic rings. The van der Waals surface area contributed by atoms with E-state index in [4.69, 9.17) is 0 Å². The molecule has 0 amide bonds. The van der Waals surface area contributed by atoms with Gasteiger partial charge in [-0.05, 0) is 13.8 Å². The molecule has 0 unspecified atom stereocenters. The van der Waals surface area contributed by atoms with Gasteiger partial charge in [0.25, 0.3) is 0 Å². The minimum Gasteiger partial charge on any atom is -0.624 e. The summed E-state index contributed by atoms with van der Waals surface area (Å²) in [5, 5.41) is 10.5. The van der Waals surface area contributed by atoms with Crippen molar-refractivity contribution >= 4 is 5.71 Å². The maximum absolute atomic E-state index is 10.5. The molecule has 0 spiro atoms. The standard InChI is InChI=1S/C6H11NO/c1-5-6(2,3)4-7(5)8/h4H2,1-3H3. The van der Waals surface area contributed by atoms with E-state index in [-0.39, 0.29) is 5.41 Å². The van der Waals surface area contributed by atoms with Crippen molar-refractivity contribution in [2.24, 2.45) is 5.41 Å². The van der Waals surface area contributed by atoms with Crippen LogP contribution in [0.5, 0.6) is 0 Å². The third-order valence-corrected chi connectivity index (χ3v) is 1.89. The lowest BCUT2D eigenvalue weighted by molar-refractivity contribution is -0.510. The summed E-state index contributed by atoms with van der Waals surface area (Å²) < 4.78 is 1.04. The number of nitrogens with zero attached hydrogens (tertiary/aromatic N) is 1. The lowest BCUT2D eigenvalue weighted by Crippen LogP contribution is -2.46. The summed E-state index contributed by atoms with van der Waals surface area (Å²) in [6.45, 7) is 6.71. The minimum absolute atomic E-state index is 0.182. The SMILES string of the molecule is CC1=[N+]([O-])CC1(C)C. The predicted molar refractivity (Wildman–Crippen MR) is 33.0 cm³/mol. The molecule has 0 N–H and O–H groups in total. The third-order valence-electron chi connectivity index (χ3n) is 1.89. The molecule has 0 radical (unpaired) electrons. The van der Waals surface area contributed by atoms with E-state index in [0.717, 1.165) is 10.5 Å². The van der Waals surface area contributed by atoms with Gasteiger partial charge in [0.15, 0.2) is 12.3 Å². The molecule has 1 heterocycles. The Balaban J connectivity index is 2.80. The maximum atomic E-state index is 10.5. The summed E-state index contributed by atoms with van der Waals surface area (Å²) in [7, 11) is 0. The Bertz CT molecular complexity index is 147. The Hall–Kier alpha value is -0.530. The summed E-state index contributed by atoms with van der Waals surface area (Å²) in [5.41, 5.74) is 1.14. The van der Waals surface area contributed by atoms with Crippen LogP contribution in [0.1, 0.15) is 20.8 Å². The number of rotatable bonds is 0. The van der Waals surface area contributed by atoms with Gasteiger partial charge in [-0.15, -0.1) is 0 Å². The van der Waals surface area contributed by atoms with E-state index in [2.05, 4.69) is 13.8 Å². The van der Waals surface area contributed by atoms with Crippen LogP contribution in [0.4, 0.5) is 0 Å². The molecule has 0 saturated carbocycles. The van der Waals surface area contributed by atoms with Crippen molar-refractivity contribution in [3.8, 4) is 0 Å². The number of hydrogen-bond donors (Lipinski definition) is 0. The molecule has 46 valence electrons. The van der Waals surface area contributed by atoms with Crippen LogP contribution in [-0.4, -0.2) is 17.0 Å². The molecule has 0 aliphatic carbocycles. The first-order chi connectivity index (χ1) is 3.54. The molecule has 0 bridgehead atoms. The first-order valence-electron chi connectivity index (χ1n) is 2.83. The normalized spacial score (nSPS) is 25.4. The molecule has 1 rings (SSSR count). The molecule has 2 heteroatoms. The van der Waals surface area contributed by atoms with Crippen LogP contribution < -0.4 is 0 Å². The zero-order valence-corrected chi connectivity index (χ0v) is 5.56. The highest BCUT2D eigenvalue weighted by molar-refractivity contribution is 5.85. The van der Waals surface area contributed by atoms with Crippen molar-refractivity contribution in [2.75, 3.05) is 6.54 Å². The summed E-state index contributed by atoms with van der Waals surface area (Å²) in [5.74, 6) is 0. The van der Waals surface area contributed by atoms with Crippen LogP contribution in [0.25, 0.3) is 0 Å². The fraction of sp³-hybridized carbons (Fsp3) is 0.833. The van der Waals surface area contributed by atoms with Crippen LogP contribution in [0.2, 0.25) is 0 Å². The van der Waals surface area contributed by atoms with Crippen molar-refractivity contribution in [1.82, 2.24) is 0 Å². The van der Waals surface area contributed by atoms with Gasteiger partial charge in [-0.2, -0.15) is 0 Å². The van der Waals surface area contributed by atoms with Crippen molar-refractivity contribution < 1.29 is 4.74 Å². The molecule has 0 aromatic heterocycles. The van der Waals surface area contributed by atoms with Gasteiger partial charge < -0.3 is 5.21 Å². The number of hydroxylamine groups is 1. The van der Waals surface area contributed by atoms with E-state index >= 15 is 0 Å². The van der Waals surface area contributed by atoms with E-state index in [9.17, 15) is 5.21 Å². The fourth-order valence-electron chi connectivity index (χ4n) is 0.838. The van der Waals surface area contributed by atoms with Gasteiger partial charge in [-0.3, -0.25) is 0 Å². The Morgan fingerprint density at radius 3 is 2.12 bits per heavy atom. The largest absolute Gasteiger partial charge is 0.624 e. The highest BCUT2D eigenvalue weighted by Crippen LogP contribution is 2.24. The summed E-state index contributed by atoms with van der Waals surface area (Å²) >= 11 is 0. The zero-order valence-electron chi connectivity index (χ0n) is 5.56. The Morgan fingerprint density at radius 1 is 1.62 bits per heavy atom. The first kappa shape index (κ1) is 5.60. The average molecular weight is 113 g/mol. The Kier molecular flexibility index (Phi) is 0.872. The van der Waals surface area contributed by atoms with E-state index in [1.807, 2.05) is 6.92 Å². The van der Waals surface area contributed by atoms with Crippen molar-refractivity contribution in [3.63, 3.8) is 0 Å². The molecule has 0 aromatic rings. The summed E-state index contributed by atoms with van der Waals surface area (Å²) in [6, 6.07) is 0. The van der Waals surface area contributed by atoms with Crippen LogP contribution in [0.15, 0.2) is 0 Å². The average Bonchev–Trinajstić information content (AvgIpc) is 1.65. The quantitative estimate of drug-likeness (QED) is 0.340. The molecule has 0 saturated heterocycles. The van der Waals surface area contributed by atoms with Gasteiger partial charge in [-0.25, -0.2) is 4.74 Å². The van der Waals surface area contributed by atoms with Gasteiger partial charge in [0.05, 0.1) is 0 Å². The Labute approximate surface area is 49.4 Å². The van der Waals surface area contributed by atoms with Crippen LogP contribution in [0.3, 0.4) is 0 Å². The Morgan fingerprint density at radius 2 is 2.12 bits per heavy atom. The zero-order chi connectivity index (χ0) is 6.36. The van der Waals surface area contributed by atoms with Crippen molar-refractivity contribution in [3.05, 3.63) is 5.21 Å². The first-order valence-corrected chi connectivity index (χ1v) is 2.83. The van der Waals surface area contributed by atoms with Gasteiger partial charge >= 0.3 is 0 Å². The van der Waals surface area contributed by atoms with Gasteiger partial charge in [-0.1, -0.05) is 0 Å². The van der Waals surface area contributed by atoms with Crippen LogP contribution in [0, 0.1) is 10.6 Å². The molecule has 8 heavy (non-hydrogen) atoms. The number of hydrogen-bond acceptors (Lipinski definition) is 1. The van der Waals surface area contributed by atoms with Crippen LogP contribution in [-0.2, 0) is 0 Å². The van der Waals surface area contributed by atoms with E-state index in [1.165, 1.54) is 0 Å². The summed E-state index contributed by atoms with van der Waals surface area (Å²) in [6.07, 6.45) is 0. The molecule has 2 nitrogen and oxygen atoms in total. The second-order valence-corrected chi connectivity index (χ2v) is 3.01. The molecule has 0 aromatic carbocycles. The highest BCUT2D eigenvalue weighted by Gasteiger charge is 2.39. The van der Waals surface area contributed by atoms with E-state index < -0.39 is 0 Å². The molecular formula is C6H11NO.